The zero-order valence-electron chi connectivity index (χ0n) is 13.3. The first kappa shape index (κ1) is 16.3. The molecule has 0 aliphatic carbocycles. The number of unbranched alkanes of at least 4 members (excludes halogenated alkanes) is 1. The van der Waals surface area contributed by atoms with Crippen molar-refractivity contribution >= 4 is 11.9 Å². The fraction of sp³-hybridized carbons (Fsp3) is 0.529. The highest BCUT2D eigenvalue weighted by atomic mass is 16.5. The summed E-state index contributed by atoms with van der Waals surface area (Å²) in [5.74, 6) is -0.623. The largest absolute Gasteiger partial charge is 0.480 e. The summed E-state index contributed by atoms with van der Waals surface area (Å²) in [6.07, 6.45) is 1.95. The number of nitrogens with one attached hydrogen (secondary N) is 1. The van der Waals surface area contributed by atoms with Crippen LogP contribution in [0.15, 0.2) is 12.1 Å². The minimum atomic E-state index is -0.996. The van der Waals surface area contributed by atoms with Crippen LogP contribution in [0.1, 0.15) is 42.9 Å². The van der Waals surface area contributed by atoms with Gasteiger partial charge in [0.15, 0.2) is 6.10 Å². The van der Waals surface area contributed by atoms with Crippen LogP contribution in [0.25, 0.3) is 0 Å². The highest BCUT2D eigenvalue weighted by Crippen LogP contribution is 2.31. The van der Waals surface area contributed by atoms with Crippen molar-refractivity contribution in [1.82, 2.24) is 5.32 Å². The van der Waals surface area contributed by atoms with E-state index in [0.29, 0.717) is 12.8 Å². The number of carbonyl (C=O) groups is 2. The maximum absolute atomic E-state index is 12.3. The molecule has 2 rings (SSSR count). The number of rotatable bonds is 6. The van der Waals surface area contributed by atoms with E-state index in [2.05, 4.69) is 5.32 Å². The molecule has 0 fully saturated rings. The number of aryl methyl sites for hydroxylation is 2. The average molecular weight is 305 g/mol. The second kappa shape index (κ2) is 6.81. The zero-order valence-corrected chi connectivity index (χ0v) is 13.3. The number of benzene rings is 1. The molecule has 0 radical (unpaired) electrons. The van der Waals surface area contributed by atoms with E-state index in [9.17, 15) is 14.7 Å². The number of hydrogen-bond donors (Lipinski definition) is 2. The highest BCUT2D eigenvalue weighted by Gasteiger charge is 2.32. The van der Waals surface area contributed by atoms with Crippen LogP contribution >= 0.6 is 0 Å². The van der Waals surface area contributed by atoms with E-state index in [1.807, 2.05) is 32.9 Å². The van der Waals surface area contributed by atoms with Crippen molar-refractivity contribution in [3.8, 4) is 5.75 Å². The van der Waals surface area contributed by atoms with Gasteiger partial charge in [-0.05, 0) is 43.0 Å². The number of ether oxygens (including phenoxy) is 1. The third-order valence-electron chi connectivity index (χ3n) is 4.10. The molecular weight excluding hydrogens is 282 g/mol. The molecule has 5 nitrogen and oxygen atoms in total. The Hall–Kier alpha value is -2.04. The van der Waals surface area contributed by atoms with Gasteiger partial charge in [-0.25, -0.2) is 4.79 Å². The third-order valence-corrected chi connectivity index (χ3v) is 4.10. The van der Waals surface area contributed by atoms with Crippen LogP contribution < -0.4 is 10.1 Å². The van der Waals surface area contributed by atoms with Crippen molar-refractivity contribution in [2.75, 3.05) is 0 Å². The summed E-state index contributed by atoms with van der Waals surface area (Å²) in [6, 6.07) is 3.12. The summed E-state index contributed by atoms with van der Waals surface area (Å²) >= 11 is 0. The first-order valence-electron chi connectivity index (χ1n) is 7.72. The monoisotopic (exact) mass is 305 g/mol. The molecule has 2 N–H and O–H groups in total. The van der Waals surface area contributed by atoms with Gasteiger partial charge in [0.05, 0.1) is 0 Å². The Balaban J connectivity index is 2.01. The van der Waals surface area contributed by atoms with E-state index in [1.54, 1.807) is 0 Å². The number of carboxylic acid groups (broad SMARTS) is 1. The van der Waals surface area contributed by atoms with Crippen LogP contribution in [-0.2, 0) is 16.0 Å². The fourth-order valence-electron chi connectivity index (χ4n) is 2.59. The lowest BCUT2D eigenvalue weighted by atomic mass is 10.0. The molecule has 0 spiro atoms. The van der Waals surface area contributed by atoms with Gasteiger partial charge in [0.2, 0.25) is 0 Å². The van der Waals surface area contributed by atoms with E-state index < -0.39 is 18.1 Å². The minimum absolute atomic E-state index is 0.352. The number of carboxylic acids is 1. The molecule has 2 atom stereocenters. The molecule has 1 aromatic rings. The lowest BCUT2D eigenvalue weighted by molar-refractivity contribution is -0.143. The first-order valence-corrected chi connectivity index (χ1v) is 7.72. The Morgan fingerprint density at radius 1 is 1.36 bits per heavy atom. The number of hydrogen-bond acceptors (Lipinski definition) is 3. The lowest BCUT2D eigenvalue weighted by Gasteiger charge is -2.17. The normalized spacial score (nSPS) is 17.5. The minimum Gasteiger partial charge on any atom is -0.480 e. The van der Waals surface area contributed by atoms with Crippen molar-refractivity contribution in [1.29, 1.82) is 0 Å². The van der Waals surface area contributed by atoms with Gasteiger partial charge >= 0.3 is 5.97 Å². The maximum atomic E-state index is 12.3. The van der Waals surface area contributed by atoms with Gasteiger partial charge in [0.1, 0.15) is 11.8 Å². The van der Waals surface area contributed by atoms with Gasteiger partial charge in [0, 0.05) is 6.42 Å². The summed E-state index contributed by atoms with van der Waals surface area (Å²) in [4.78, 5) is 23.5. The van der Waals surface area contributed by atoms with Crippen molar-refractivity contribution in [2.45, 2.75) is 58.6 Å². The smallest absolute Gasteiger partial charge is 0.326 e. The van der Waals surface area contributed by atoms with Gasteiger partial charge < -0.3 is 15.2 Å². The summed E-state index contributed by atoms with van der Waals surface area (Å²) in [5.41, 5.74) is 3.28. The van der Waals surface area contributed by atoms with Crippen LogP contribution in [0, 0.1) is 13.8 Å². The molecule has 1 heterocycles. The molecule has 5 heteroatoms. The maximum Gasteiger partial charge on any atom is 0.326 e. The molecule has 0 aromatic heterocycles. The Bertz CT molecular complexity index is 551. The number of fused-ring (bicyclic) bond motifs is 1. The van der Waals surface area contributed by atoms with Crippen molar-refractivity contribution < 1.29 is 19.4 Å². The summed E-state index contributed by atoms with van der Waals surface area (Å²) in [7, 11) is 0. The first-order chi connectivity index (χ1) is 10.4. The summed E-state index contributed by atoms with van der Waals surface area (Å²) < 4.78 is 5.68. The molecule has 1 amide bonds. The molecule has 120 valence electrons. The summed E-state index contributed by atoms with van der Waals surface area (Å²) in [5, 5.41) is 11.8. The van der Waals surface area contributed by atoms with Gasteiger partial charge in [-0.1, -0.05) is 25.8 Å². The van der Waals surface area contributed by atoms with E-state index in [0.717, 1.165) is 35.3 Å². The second-order valence-corrected chi connectivity index (χ2v) is 5.90. The van der Waals surface area contributed by atoms with Crippen LogP contribution in [0.4, 0.5) is 0 Å². The summed E-state index contributed by atoms with van der Waals surface area (Å²) in [6.45, 7) is 6.01. The molecule has 1 aliphatic rings. The molecular formula is C17H23NO4. The molecule has 1 aliphatic heterocycles. The van der Waals surface area contributed by atoms with E-state index >= 15 is 0 Å². The van der Waals surface area contributed by atoms with Crippen LogP contribution in [0.3, 0.4) is 0 Å². The van der Waals surface area contributed by atoms with Gasteiger partial charge in [-0.15, -0.1) is 0 Å². The Labute approximate surface area is 130 Å². The standard InChI is InChI=1S/C17H23NO4/c1-4-5-6-13(17(20)21)18-16(19)15-9-12-7-10(2)11(3)8-14(12)22-15/h7-8,13,15H,4-6,9H2,1-3H3,(H,18,19)(H,20,21). The van der Waals surface area contributed by atoms with Crippen molar-refractivity contribution in [3.63, 3.8) is 0 Å². The van der Waals surface area contributed by atoms with Crippen LogP contribution in [0.5, 0.6) is 5.75 Å². The van der Waals surface area contributed by atoms with Crippen LogP contribution in [0.2, 0.25) is 0 Å². The lowest BCUT2D eigenvalue weighted by Crippen LogP contribution is -2.46. The van der Waals surface area contributed by atoms with E-state index in [-0.39, 0.29) is 5.91 Å². The van der Waals surface area contributed by atoms with E-state index in [4.69, 9.17) is 4.74 Å². The topological polar surface area (TPSA) is 75.6 Å². The third kappa shape index (κ3) is 3.59. The number of amides is 1. The van der Waals surface area contributed by atoms with Gasteiger partial charge in [-0.3, -0.25) is 4.79 Å². The fourth-order valence-corrected chi connectivity index (χ4v) is 2.59. The number of carbonyl (C=O) groups excluding carboxylic acids is 1. The molecule has 2 unspecified atom stereocenters. The molecule has 0 saturated heterocycles. The number of aliphatic carboxylic acids is 1. The van der Waals surface area contributed by atoms with E-state index in [1.165, 1.54) is 0 Å². The molecule has 1 aromatic carbocycles. The molecule has 0 bridgehead atoms. The predicted molar refractivity (Wildman–Crippen MR) is 83.1 cm³/mol. The Morgan fingerprint density at radius 2 is 2.05 bits per heavy atom. The molecule has 22 heavy (non-hydrogen) atoms. The van der Waals surface area contributed by atoms with Gasteiger partial charge in [0.25, 0.3) is 5.91 Å². The SMILES string of the molecule is CCCCC(NC(=O)C1Cc2cc(C)c(C)cc2O1)C(=O)O. The highest BCUT2D eigenvalue weighted by molar-refractivity contribution is 5.87. The second-order valence-electron chi connectivity index (χ2n) is 5.90. The average Bonchev–Trinajstić information content (AvgIpc) is 2.86. The zero-order chi connectivity index (χ0) is 16.3. The van der Waals surface area contributed by atoms with Crippen molar-refractivity contribution in [3.05, 3.63) is 28.8 Å². The quantitative estimate of drug-likeness (QED) is 0.846. The van der Waals surface area contributed by atoms with Crippen LogP contribution in [-0.4, -0.2) is 29.1 Å². The van der Waals surface area contributed by atoms with Gasteiger partial charge in [-0.2, -0.15) is 0 Å². The Morgan fingerprint density at radius 3 is 2.68 bits per heavy atom. The predicted octanol–water partition coefficient (Wildman–Crippen LogP) is 2.37. The Kier molecular flexibility index (Phi) is 5.06. The molecule has 0 saturated carbocycles. The van der Waals surface area contributed by atoms with Crippen molar-refractivity contribution in [2.24, 2.45) is 0 Å².